The molecule has 1 aliphatic rings. The highest BCUT2D eigenvalue weighted by Gasteiger charge is 2.31. The van der Waals surface area contributed by atoms with E-state index in [9.17, 15) is 23.9 Å². The van der Waals surface area contributed by atoms with Crippen molar-refractivity contribution in [2.45, 2.75) is 52.0 Å². The summed E-state index contributed by atoms with van der Waals surface area (Å²) in [6.07, 6.45) is 4.35. The van der Waals surface area contributed by atoms with E-state index in [-0.39, 0.29) is 17.2 Å². The molecule has 0 heterocycles. The lowest BCUT2D eigenvalue weighted by Crippen LogP contribution is -2.46. The highest BCUT2D eigenvalue weighted by molar-refractivity contribution is 6.07. The topological polar surface area (TPSA) is 108 Å². The van der Waals surface area contributed by atoms with E-state index in [1.165, 1.54) is 6.07 Å². The third kappa shape index (κ3) is 5.63. The summed E-state index contributed by atoms with van der Waals surface area (Å²) in [4.78, 5) is 37.3. The molecule has 0 radical (unpaired) electrons. The zero-order valence-electron chi connectivity index (χ0n) is 18.2. The van der Waals surface area contributed by atoms with E-state index >= 15 is 0 Å². The number of anilines is 2. The highest BCUT2D eigenvalue weighted by atomic mass is 19.1. The van der Waals surface area contributed by atoms with Crippen molar-refractivity contribution in [1.82, 2.24) is 5.32 Å². The van der Waals surface area contributed by atoms with Crippen LogP contribution in [0.3, 0.4) is 0 Å². The Kier molecular flexibility index (Phi) is 7.45. The first kappa shape index (κ1) is 23.2. The third-order valence-corrected chi connectivity index (χ3v) is 5.87. The van der Waals surface area contributed by atoms with Crippen molar-refractivity contribution >= 4 is 29.3 Å². The van der Waals surface area contributed by atoms with Crippen molar-refractivity contribution < 1.29 is 23.9 Å². The molecule has 4 N–H and O–H groups in total. The zero-order chi connectivity index (χ0) is 23.3. The van der Waals surface area contributed by atoms with Gasteiger partial charge >= 0.3 is 12.0 Å². The van der Waals surface area contributed by atoms with Gasteiger partial charge in [0.25, 0.3) is 5.91 Å². The molecule has 8 heteroatoms. The van der Waals surface area contributed by atoms with Crippen molar-refractivity contribution in [1.29, 1.82) is 0 Å². The molecule has 3 amide bonds. The molecule has 1 saturated carbocycles. The molecule has 1 aliphatic carbocycles. The highest BCUT2D eigenvalue weighted by Crippen LogP contribution is 2.27. The Morgan fingerprint density at radius 3 is 2.28 bits per heavy atom. The maximum absolute atomic E-state index is 13.9. The van der Waals surface area contributed by atoms with Gasteiger partial charge in [-0.05, 0) is 61.9 Å². The lowest BCUT2D eigenvalue weighted by atomic mass is 9.84. The lowest BCUT2D eigenvalue weighted by molar-refractivity contribution is -0.141. The van der Waals surface area contributed by atoms with Crippen LogP contribution in [-0.4, -0.2) is 29.1 Å². The van der Waals surface area contributed by atoms with Crippen LogP contribution in [0.15, 0.2) is 36.4 Å². The maximum Gasteiger partial charge on any atom is 0.326 e. The second kappa shape index (κ2) is 10.3. The fraction of sp³-hybridized carbons (Fsp3) is 0.375. The van der Waals surface area contributed by atoms with Crippen LogP contribution >= 0.6 is 0 Å². The Hall–Kier alpha value is -3.42. The van der Waals surface area contributed by atoms with Gasteiger partial charge in [0, 0.05) is 5.69 Å². The smallest absolute Gasteiger partial charge is 0.326 e. The van der Waals surface area contributed by atoms with Crippen molar-refractivity contribution in [3.63, 3.8) is 0 Å². The predicted octanol–water partition coefficient (Wildman–Crippen LogP) is 4.85. The lowest BCUT2D eigenvalue weighted by Gasteiger charge is -2.28. The average Bonchev–Trinajstić information content (AvgIpc) is 2.75. The van der Waals surface area contributed by atoms with Crippen molar-refractivity contribution in [2.24, 2.45) is 5.92 Å². The van der Waals surface area contributed by atoms with Crippen molar-refractivity contribution in [2.75, 3.05) is 10.6 Å². The van der Waals surface area contributed by atoms with E-state index in [1.807, 2.05) is 32.0 Å². The van der Waals surface area contributed by atoms with Gasteiger partial charge in [0.2, 0.25) is 0 Å². The number of rotatable bonds is 6. The van der Waals surface area contributed by atoms with Gasteiger partial charge in [-0.2, -0.15) is 0 Å². The summed E-state index contributed by atoms with van der Waals surface area (Å²) in [5.74, 6) is -2.57. The number of carbonyl (C=O) groups excluding carboxylic acids is 2. The number of carboxylic acid groups (broad SMARTS) is 1. The molecule has 1 atom stereocenters. The number of aryl methyl sites for hydroxylation is 2. The minimum atomic E-state index is -1.10. The van der Waals surface area contributed by atoms with Crippen LogP contribution in [0.25, 0.3) is 0 Å². The molecule has 0 bridgehead atoms. The summed E-state index contributed by atoms with van der Waals surface area (Å²) in [7, 11) is 0. The number of para-hydroxylation sites is 1. The Balaban J connectivity index is 1.78. The van der Waals surface area contributed by atoms with Crippen LogP contribution in [-0.2, 0) is 4.79 Å². The van der Waals surface area contributed by atoms with Crippen LogP contribution < -0.4 is 16.0 Å². The normalized spacial score (nSPS) is 15.0. The molecule has 32 heavy (non-hydrogen) atoms. The molecule has 170 valence electrons. The molecule has 2 aromatic carbocycles. The number of carbonyl (C=O) groups is 3. The summed E-state index contributed by atoms with van der Waals surface area (Å²) in [6.45, 7) is 3.70. The van der Waals surface area contributed by atoms with Crippen LogP contribution in [0, 0.1) is 25.6 Å². The number of nitrogens with one attached hydrogen (secondary N) is 3. The Bertz CT molecular complexity index is 998. The number of hydrogen-bond acceptors (Lipinski definition) is 3. The van der Waals surface area contributed by atoms with Gasteiger partial charge in [0.1, 0.15) is 11.9 Å². The minimum absolute atomic E-state index is 0.00915. The average molecular weight is 442 g/mol. The van der Waals surface area contributed by atoms with E-state index in [0.717, 1.165) is 55.4 Å². The Labute approximate surface area is 186 Å². The molecular weight excluding hydrogens is 413 g/mol. The van der Waals surface area contributed by atoms with E-state index < -0.39 is 29.8 Å². The predicted molar refractivity (Wildman–Crippen MR) is 120 cm³/mol. The van der Waals surface area contributed by atoms with Gasteiger partial charge in [-0.15, -0.1) is 0 Å². The van der Waals surface area contributed by atoms with Gasteiger partial charge < -0.3 is 21.1 Å². The van der Waals surface area contributed by atoms with E-state index in [0.29, 0.717) is 5.69 Å². The second-order valence-electron chi connectivity index (χ2n) is 8.22. The fourth-order valence-corrected chi connectivity index (χ4v) is 4.16. The summed E-state index contributed by atoms with van der Waals surface area (Å²) < 4.78 is 13.9. The number of urea groups is 1. The molecule has 1 fully saturated rings. The maximum atomic E-state index is 13.9. The molecule has 0 unspecified atom stereocenters. The van der Waals surface area contributed by atoms with Crippen LogP contribution in [0.4, 0.5) is 20.6 Å². The molecule has 0 aromatic heterocycles. The van der Waals surface area contributed by atoms with Gasteiger partial charge in [-0.25, -0.2) is 14.0 Å². The molecule has 3 rings (SSSR count). The van der Waals surface area contributed by atoms with Gasteiger partial charge in [-0.3, -0.25) is 4.79 Å². The Morgan fingerprint density at radius 2 is 1.66 bits per heavy atom. The second-order valence-corrected chi connectivity index (χ2v) is 8.22. The van der Waals surface area contributed by atoms with E-state index in [1.54, 1.807) is 0 Å². The summed E-state index contributed by atoms with van der Waals surface area (Å²) in [5.41, 5.74) is 2.28. The molecule has 0 aliphatic heterocycles. The molecule has 7 nitrogen and oxygen atoms in total. The molecular formula is C24H28FN3O4. The minimum Gasteiger partial charge on any atom is -0.480 e. The zero-order valence-corrected chi connectivity index (χ0v) is 18.2. The third-order valence-electron chi connectivity index (χ3n) is 5.87. The number of halogens is 1. The summed E-state index contributed by atoms with van der Waals surface area (Å²) in [6, 6.07) is 7.26. The molecule has 0 spiro atoms. The Morgan fingerprint density at radius 1 is 1.00 bits per heavy atom. The molecule has 2 aromatic rings. The van der Waals surface area contributed by atoms with Crippen LogP contribution in [0.5, 0.6) is 0 Å². The van der Waals surface area contributed by atoms with Crippen LogP contribution in [0.2, 0.25) is 0 Å². The SMILES string of the molecule is Cc1cccc(C)c1NC(=O)Nc1cc(F)ccc1C(=O)N[C@H](C(=O)O)C1CCCCC1. The first-order chi connectivity index (χ1) is 15.3. The number of benzene rings is 2. The van der Waals surface area contributed by atoms with E-state index in [2.05, 4.69) is 16.0 Å². The first-order valence-electron chi connectivity index (χ1n) is 10.7. The van der Waals surface area contributed by atoms with Crippen molar-refractivity contribution in [3.8, 4) is 0 Å². The van der Waals surface area contributed by atoms with Crippen LogP contribution in [0.1, 0.15) is 53.6 Å². The first-order valence-corrected chi connectivity index (χ1v) is 10.7. The van der Waals surface area contributed by atoms with E-state index in [4.69, 9.17) is 0 Å². The van der Waals surface area contributed by atoms with Crippen molar-refractivity contribution in [3.05, 3.63) is 58.9 Å². The number of aliphatic carboxylic acids is 1. The summed E-state index contributed by atoms with van der Waals surface area (Å²) in [5, 5.41) is 17.5. The summed E-state index contributed by atoms with van der Waals surface area (Å²) >= 11 is 0. The van der Waals surface area contributed by atoms with Gasteiger partial charge in [0.05, 0.1) is 11.3 Å². The number of carboxylic acids is 1. The van der Waals surface area contributed by atoms with Gasteiger partial charge in [0.15, 0.2) is 0 Å². The largest absolute Gasteiger partial charge is 0.480 e. The van der Waals surface area contributed by atoms with Gasteiger partial charge in [-0.1, -0.05) is 37.5 Å². The number of amides is 3. The monoisotopic (exact) mass is 441 g/mol. The number of hydrogen-bond donors (Lipinski definition) is 4. The molecule has 0 saturated heterocycles. The fourth-order valence-electron chi connectivity index (χ4n) is 4.16. The standard InChI is InChI=1S/C24H28FN3O4/c1-14-7-6-8-15(2)20(14)28-24(32)26-19-13-17(25)11-12-18(19)22(29)27-21(23(30)31)16-9-4-3-5-10-16/h6-8,11-13,16,21H,3-5,9-10H2,1-2H3,(H,27,29)(H,30,31)(H2,26,28,32)/t21-/m0/s1. The quantitative estimate of drug-likeness (QED) is 0.514.